The molecule has 1 aliphatic heterocycles. The van der Waals surface area contributed by atoms with Gasteiger partial charge in [0, 0.05) is 17.7 Å². The van der Waals surface area contributed by atoms with Gasteiger partial charge in [-0.3, -0.25) is 5.10 Å². The third kappa shape index (κ3) is 1.29. The Balaban J connectivity index is 2.13. The van der Waals surface area contributed by atoms with Gasteiger partial charge in [0.2, 0.25) is 0 Å². The first-order valence-electron chi connectivity index (χ1n) is 4.91. The van der Waals surface area contributed by atoms with E-state index < -0.39 is 0 Å². The van der Waals surface area contributed by atoms with Crippen molar-refractivity contribution in [3.05, 3.63) is 35.6 Å². The lowest BCUT2D eigenvalue weighted by atomic mass is 10.1. The normalized spacial score (nSPS) is 13.7. The van der Waals surface area contributed by atoms with Gasteiger partial charge in [-0.2, -0.15) is 5.10 Å². The first-order chi connectivity index (χ1) is 7.34. The Bertz CT molecular complexity index is 504. The van der Waals surface area contributed by atoms with Gasteiger partial charge in [0.1, 0.15) is 5.82 Å². The van der Waals surface area contributed by atoms with Crippen molar-refractivity contribution < 1.29 is 4.39 Å². The zero-order chi connectivity index (χ0) is 10.3. The zero-order valence-electron chi connectivity index (χ0n) is 8.05. The molecule has 0 aliphatic carbocycles. The molecule has 76 valence electrons. The highest BCUT2D eigenvalue weighted by atomic mass is 19.1. The maximum atomic E-state index is 13.1. The summed E-state index contributed by atoms with van der Waals surface area (Å²) in [6, 6.07) is 6.56. The molecule has 0 spiro atoms. The van der Waals surface area contributed by atoms with Gasteiger partial charge in [-0.05, 0) is 18.6 Å². The SMILES string of the molecule is Fc1cccc(-c2[nH]nc3c2CCN3)c1. The molecule has 1 aromatic carbocycles. The van der Waals surface area contributed by atoms with Crippen molar-refractivity contribution in [2.24, 2.45) is 0 Å². The topological polar surface area (TPSA) is 40.7 Å². The second-order valence-electron chi connectivity index (χ2n) is 3.61. The highest BCUT2D eigenvalue weighted by molar-refractivity contribution is 5.70. The molecule has 1 aliphatic rings. The smallest absolute Gasteiger partial charge is 0.151 e. The lowest BCUT2D eigenvalue weighted by Gasteiger charge is -1.99. The number of aromatic amines is 1. The van der Waals surface area contributed by atoms with Gasteiger partial charge >= 0.3 is 0 Å². The molecule has 0 atom stereocenters. The fourth-order valence-corrected chi connectivity index (χ4v) is 1.94. The number of anilines is 1. The minimum Gasteiger partial charge on any atom is -0.368 e. The summed E-state index contributed by atoms with van der Waals surface area (Å²) in [5.41, 5.74) is 2.93. The molecule has 0 unspecified atom stereocenters. The number of fused-ring (bicyclic) bond motifs is 1. The molecular formula is C11H10FN3. The van der Waals surface area contributed by atoms with E-state index in [9.17, 15) is 4.39 Å². The third-order valence-corrected chi connectivity index (χ3v) is 2.65. The van der Waals surface area contributed by atoms with Gasteiger partial charge in [-0.1, -0.05) is 12.1 Å². The number of nitrogens with one attached hydrogen (secondary N) is 2. The third-order valence-electron chi connectivity index (χ3n) is 2.65. The average Bonchev–Trinajstić information content (AvgIpc) is 2.77. The fraction of sp³-hybridized carbons (Fsp3) is 0.182. The van der Waals surface area contributed by atoms with Gasteiger partial charge in [-0.15, -0.1) is 0 Å². The summed E-state index contributed by atoms with van der Waals surface area (Å²) in [4.78, 5) is 0. The number of H-pyrrole nitrogens is 1. The quantitative estimate of drug-likeness (QED) is 0.745. The number of nitrogens with zero attached hydrogens (tertiary/aromatic N) is 1. The molecule has 2 aromatic rings. The predicted octanol–water partition coefficient (Wildman–Crippen LogP) is 2.18. The average molecular weight is 203 g/mol. The Morgan fingerprint density at radius 1 is 1.33 bits per heavy atom. The molecule has 15 heavy (non-hydrogen) atoms. The standard InChI is InChI=1S/C11H10FN3/c12-8-3-1-2-7(6-8)10-9-4-5-13-11(9)15-14-10/h1-3,6H,4-5H2,(H2,13,14,15). The Morgan fingerprint density at radius 3 is 3.13 bits per heavy atom. The maximum Gasteiger partial charge on any atom is 0.151 e. The van der Waals surface area contributed by atoms with Crippen LogP contribution in [0, 0.1) is 5.82 Å². The first-order valence-corrected chi connectivity index (χ1v) is 4.91. The highest BCUT2D eigenvalue weighted by Gasteiger charge is 2.18. The van der Waals surface area contributed by atoms with Crippen LogP contribution in [0.4, 0.5) is 10.2 Å². The van der Waals surface area contributed by atoms with E-state index in [1.165, 1.54) is 12.1 Å². The van der Waals surface area contributed by atoms with E-state index in [0.717, 1.165) is 35.6 Å². The van der Waals surface area contributed by atoms with Crippen molar-refractivity contribution in [1.82, 2.24) is 10.2 Å². The molecule has 0 saturated heterocycles. The van der Waals surface area contributed by atoms with Gasteiger partial charge in [0.15, 0.2) is 5.82 Å². The summed E-state index contributed by atoms with van der Waals surface area (Å²) in [5, 5.41) is 10.3. The van der Waals surface area contributed by atoms with E-state index in [2.05, 4.69) is 15.5 Å². The van der Waals surface area contributed by atoms with Crippen LogP contribution in [0.1, 0.15) is 5.56 Å². The van der Waals surface area contributed by atoms with Gasteiger partial charge in [0.05, 0.1) is 5.69 Å². The van der Waals surface area contributed by atoms with E-state index in [1.807, 2.05) is 6.07 Å². The Hall–Kier alpha value is -1.84. The summed E-state index contributed by atoms with van der Waals surface area (Å²) in [6.07, 6.45) is 0.942. The summed E-state index contributed by atoms with van der Waals surface area (Å²) >= 11 is 0. The van der Waals surface area contributed by atoms with Gasteiger partial charge in [0.25, 0.3) is 0 Å². The molecular weight excluding hydrogens is 193 g/mol. The largest absolute Gasteiger partial charge is 0.368 e. The first kappa shape index (κ1) is 8.47. The molecule has 0 fully saturated rings. The molecule has 3 rings (SSSR count). The Morgan fingerprint density at radius 2 is 2.27 bits per heavy atom. The van der Waals surface area contributed by atoms with Crippen LogP contribution in [0.15, 0.2) is 24.3 Å². The van der Waals surface area contributed by atoms with Crippen molar-refractivity contribution in [1.29, 1.82) is 0 Å². The van der Waals surface area contributed by atoms with Crippen LogP contribution in [0.5, 0.6) is 0 Å². The van der Waals surface area contributed by atoms with E-state index >= 15 is 0 Å². The molecule has 2 N–H and O–H groups in total. The summed E-state index contributed by atoms with van der Waals surface area (Å²) in [5.74, 6) is 0.677. The lowest BCUT2D eigenvalue weighted by Crippen LogP contribution is -1.94. The molecule has 0 saturated carbocycles. The molecule has 0 bridgehead atoms. The van der Waals surface area contributed by atoms with Gasteiger partial charge < -0.3 is 5.32 Å². The van der Waals surface area contributed by atoms with Crippen molar-refractivity contribution in [2.45, 2.75) is 6.42 Å². The minimum absolute atomic E-state index is 0.221. The van der Waals surface area contributed by atoms with E-state index in [-0.39, 0.29) is 5.82 Å². The molecule has 3 nitrogen and oxygen atoms in total. The number of hydrogen-bond acceptors (Lipinski definition) is 2. The number of halogens is 1. The highest BCUT2D eigenvalue weighted by Crippen LogP contribution is 2.30. The van der Waals surface area contributed by atoms with Crippen LogP contribution >= 0.6 is 0 Å². The summed E-state index contributed by atoms with van der Waals surface area (Å²) < 4.78 is 13.1. The van der Waals surface area contributed by atoms with Crippen LogP contribution in [0.3, 0.4) is 0 Å². The lowest BCUT2D eigenvalue weighted by molar-refractivity contribution is 0.628. The Kier molecular flexibility index (Phi) is 1.74. The van der Waals surface area contributed by atoms with Crippen LogP contribution < -0.4 is 5.32 Å². The number of aromatic nitrogens is 2. The zero-order valence-corrected chi connectivity index (χ0v) is 8.05. The maximum absolute atomic E-state index is 13.1. The van der Waals surface area contributed by atoms with Crippen LogP contribution in [0.25, 0.3) is 11.3 Å². The Labute approximate surface area is 86.3 Å². The number of benzene rings is 1. The molecule has 4 heteroatoms. The number of hydrogen-bond donors (Lipinski definition) is 2. The van der Waals surface area contributed by atoms with Crippen molar-refractivity contribution in [2.75, 3.05) is 11.9 Å². The second-order valence-corrected chi connectivity index (χ2v) is 3.61. The van der Waals surface area contributed by atoms with Crippen LogP contribution in [-0.2, 0) is 6.42 Å². The van der Waals surface area contributed by atoms with Crippen LogP contribution in [0.2, 0.25) is 0 Å². The second kappa shape index (κ2) is 3.08. The van der Waals surface area contributed by atoms with E-state index in [0.29, 0.717) is 0 Å². The summed E-state index contributed by atoms with van der Waals surface area (Å²) in [6.45, 7) is 0.911. The van der Waals surface area contributed by atoms with E-state index in [1.54, 1.807) is 6.07 Å². The molecule has 1 aromatic heterocycles. The fourth-order valence-electron chi connectivity index (χ4n) is 1.94. The van der Waals surface area contributed by atoms with Gasteiger partial charge in [-0.25, -0.2) is 4.39 Å². The van der Waals surface area contributed by atoms with Crippen molar-refractivity contribution >= 4 is 5.82 Å². The van der Waals surface area contributed by atoms with E-state index in [4.69, 9.17) is 0 Å². The molecule has 0 amide bonds. The minimum atomic E-state index is -0.221. The van der Waals surface area contributed by atoms with Crippen LogP contribution in [-0.4, -0.2) is 16.7 Å². The number of rotatable bonds is 1. The molecule has 2 heterocycles. The van der Waals surface area contributed by atoms with Crippen molar-refractivity contribution in [3.8, 4) is 11.3 Å². The predicted molar refractivity (Wildman–Crippen MR) is 56.2 cm³/mol. The summed E-state index contributed by atoms with van der Waals surface area (Å²) in [7, 11) is 0. The monoisotopic (exact) mass is 203 g/mol. The van der Waals surface area contributed by atoms with Crippen molar-refractivity contribution in [3.63, 3.8) is 0 Å². The molecule has 0 radical (unpaired) electrons.